The smallest absolute Gasteiger partial charge is 0.335 e. The second-order valence-electron chi connectivity index (χ2n) is 5.58. The Balaban J connectivity index is 1.69. The van der Waals surface area contributed by atoms with Gasteiger partial charge in [0.05, 0.1) is 5.56 Å². The average molecular weight is 443 g/mol. The second-order valence-corrected chi connectivity index (χ2v) is 6.49. The van der Waals surface area contributed by atoms with Crippen LogP contribution >= 0.6 is 15.9 Å². The summed E-state index contributed by atoms with van der Waals surface area (Å²) < 4.78 is 0.865. The quantitative estimate of drug-likeness (QED) is 0.366. The van der Waals surface area contributed by atoms with Crippen LogP contribution in [0.5, 0.6) is 0 Å². The van der Waals surface area contributed by atoms with Crippen LogP contribution in [0.25, 0.3) is 0 Å². The van der Waals surface area contributed by atoms with Gasteiger partial charge in [-0.15, -0.1) is 0 Å². The molecule has 6 N–H and O–H groups in total. The Labute approximate surface area is 168 Å². The number of halogens is 1. The van der Waals surface area contributed by atoms with E-state index in [2.05, 4.69) is 42.1 Å². The van der Waals surface area contributed by atoms with E-state index in [-0.39, 0.29) is 23.0 Å². The number of carbonyl (C=O) groups excluding carboxylic acids is 1. The van der Waals surface area contributed by atoms with E-state index in [9.17, 15) is 9.59 Å². The highest BCUT2D eigenvalue weighted by Crippen LogP contribution is 2.25. The van der Waals surface area contributed by atoms with Crippen LogP contribution in [0.3, 0.4) is 0 Å². The summed E-state index contributed by atoms with van der Waals surface area (Å²) in [5.41, 5.74) is 12.6. The van der Waals surface area contributed by atoms with Gasteiger partial charge in [-0.2, -0.15) is 0 Å². The number of nitrogens with zero attached hydrogens (tertiary/aromatic N) is 2. The lowest BCUT2D eigenvalue weighted by atomic mass is 10.2. The number of hydrazine groups is 1. The van der Waals surface area contributed by atoms with Crippen LogP contribution in [0.2, 0.25) is 0 Å². The lowest BCUT2D eigenvalue weighted by Gasteiger charge is -2.13. The number of carboxylic acid groups (broad SMARTS) is 1. The van der Waals surface area contributed by atoms with Crippen molar-refractivity contribution in [2.45, 2.75) is 0 Å². The summed E-state index contributed by atoms with van der Waals surface area (Å²) in [5, 5.41) is 11.9. The molecule has 3 aromatic rings. The first-order valence-electron chi connectivity index (χ1n) is 7.97. The monoisotopic (exact) mass is 442 g/mol. The molecule has 0 aliphatic rings. The van der Waals surface area contributed by atoms with Gasteiger partial charge in [-0.25, -0.2) is 14.8 Å². The van der Waals surface area contributed by atoms with E-state index in [4.69, 9.17) is 10.8 Å². The molecule has 3 rings (SSSR count). The largest absolute Gasteiger partial charge is 0.478 e. The van der Waals surface area contributed by atoms with Crippen LogP contribution < -0.4 is 21.9 Å². The molecule has 0 aliphatic heterocycles. The number of hydrogen-bond acceptors (Lipinski definition) is 7. The Morgan fingerprint density at radius 3 is 2.18 bits per heavy atom. The lowest BCUT2D eigenvalue weighted by Crippen LogP contribution is -2.30. The molecule has 0 unspecified atom stereocenters. The number of nitrogen functional groups attached to an aromatic ring is 1. The molecule has 0 atom stereocenters. The fourth-order valence-electron chi connectivity index (χ4n) is 2.22. The van der Waals surface area contributed by atoms with E-state index in [0.717, 1.165) is 4.47 Å². The highest BCUT2D eigenvalue weighted by atomic mass is 79.9. The van der Waals surface area contributed by atoms with Gasteiger partial charge < -0.3 is 16.2 Å². The summed E-state index contributed by atoms with van der Waals surface area (Å²) in [6.07, 6.45) is 1.28. The zero-order valence-corrected chi connectivity index (χ0v) is 15.9. The molecular formula is C18H15BrN6O3. The van der Waals surface area contributed by atoms with Crippen molar-refractivity contribution in [1.29, 1.82) is 0 Å². The summed E-state index contributed by atoms with van der Waals surface area (Å²) in [5.74, 6) is -0.853. The van der Waals surface area contributed by atoms with Gasteiger partial charge in [-0.1, -0.05) is 15.9 Å². The van der Waals surface area contributed by atoms with E-state index in [1.807, 2.05) is 0 Å². The summed E-state index contributed by atoms with van der Waals surface area (Å²) in [4.78, 5) is 31.2. The third kappa shape index (κ3) is 4.54. The first-order valence-corrected chi connectivity index (χ1v) is 8.76. The summed E-state index contributed by atoms with van der Waals surface area (Å²) in [6.45, 7) is 0. The predicted molar refractivity (Wildman–Crippen MR) is 108 cm³/mol. The van der Waals surface area contributed by atoms with E-state index < -0.39 is 5.97 Å². The van der Waals surface area contributed by atoms with Crippen LogP contribution in [-0.2, 0) is 0 Å². The molecule has 0 fully saturated rings. The predicted octanol–water partition coefficient (Wildman–Crippen LogP) is 3.02. The van der Waals surface area contributed by atoms with Gasteiger partial charge in [0.15, 0.2) is 11.6 Å². The first-order chi connectivity index (χ1) is 13.4. The Morgan fingerprint density at radius 2 is 1.54 bits per heavy atom. The minimum absolute atomic E-state index is 0.166. The molecule has 9 nitrogen and oxygen atoms in total. The van der Waals surface area contributed by atoms with E-state index in [0.29, 0.717) is 17.1 Å². The van der Waals surface area contributed by atoms with Crippen molar-refractivity contribution in [3.05, 3.63) is 70.5 Å². The topological polar surface area (TPSA) is 142 Å². The maximum atomic E-state index is 12.2. The third-order valence-electron chi connectivity index (χ3n) is 3.68. The van der Waals surface area contributed by atoms with Crippen LogP contribution in [0.1, 0.15) is 20.7 Å². The number of rotatable bonds is 6. The van der Waals surface area contributed by atoms with E-state index >= 15 is 0 Å². The number of nitrogens with two attached hydrogens (primary N) is 1. The fraction of sp³-hybridized carbons (Fsp3) is 0. The highest BCUT2D eigenvalue weighted by Gasteiger charge is 2.11. The Hall–Kier alpha value is -3.66. The number of carbonyl (C=O) groups is 2. The molecule has 0 aliphatic carbocycles. The molecule has 0 radical (unpaired) electrons. The summed E-state index contributed by atoms with van der Waals surface area (Å²) in [7, 11) is 0. The second kappa shape index (κ2) is 8.35. The Bertz CT molecular complexity index is 1010. The van der Waals surface area contributed by atoms with Crippen molar-refractivity contribution in [2.75, 3.05) is 16.5 Å². The SMILES string of the molecule is Nc1c(NNC(=O)c2ccc(Br)cc2)ncnc1Nc1ccc(C(=O)O)cc1. The van der Waals surface area contributed by atoms with Crippen LogP contribution in [0, 0.1) is 0 Å². The zero-order valence-electron chi connectivity index (χ0n) is 14.3. The van der Waals surface area contributed by atoms with Crippen LogP contribution in [0.4, 0.5) is 23.0 Å². The van der Waals surface area contributed by atoms with Gasteiger partial charge in [0.2, 0.25) is 0 Å². The summed E-state index contributed by atoms with van der Waals surface area (Å²) in [6, 6.07) is 12.9. The van der Waals surface area contributed by atoms with Crippen molar-refractivity contribution in [2.24, 2.45) is 0 Å². The van der Waals surface area contributed by atoms with Crippen LogP contribution in [0.15, 0.2) is 59.3 Å². The van der Waals surface area contributed by atoms with Gasteiger partial charge in [-0.3, -0.25) is 15.6 Å². The van der Waals surface area contributed by atoms with Crippen molar-refractivity contribution in [3.8, 4) is 0 Å². The molecule has 1 heterocycles. The highest BCUT2D eigenvalue weighted by molar-refractivity contribution is 9.10. The molecular weight excluding hydrogens is 428 g/mol. The molecule has 10 heteroatoms. The maximum absolute atomic E-state index is 12.2. The minimum atomic E-state index is -1.01. The molecule has 1 amide bonds. The average Bonchev–Trinajstić information content (AvgIpc) is 2.69. The number of aromatic nitrogens is 2. The third-order valence-corrected chi connectivity index (χ3v) is 4.21. The van der Waals surface area contributed by atoms with E-state index in [1.165, 1.54) is 18.5 Å². The molecule has 0 bridgehead atoms. The maximum Gasteiger partial charge on any atom is 0.335 e. The van der Waals surface area contributed by atoms with Gasteiger partial charge in [0.1, 0.15) is 12.0 Å². The number of aromatic carboxylic acids is 1. The fourth-order valence-corrected chi connectivity index (χ4v) is 2.48. The van der Waals surface area contributed by atoms with Crippen molar-refractivity contribution in [3.63, 3.8) is 0 Å². The first kappa shape index (κ1) is 19.1. The van der Waals surface area contributed by atoms with Crippen LogP contribution in [-0.4, -0.2) is 27.0 Å². The molecule has 0 spiro atoms. The van der Waals surface area contributed by atoms with Crippen molar-refractivity contribution < 1.29 is 14.7 Å². The normalized spacial score (nSPS) is 10.2. The summed E-state index contributed by atoms with van der Waals surface area (Å²) >= 11 is 3.31. The minimum Gasteiger partial charge on any atom is -0.478 e. The number of hydrogen-bond donors (Lipinski definition) is 5. The number of nitrogens with one attached hydrogen (secondary N) is 3. The molecule has 2 aromatic carbocycles. The number of amides is 1. The van der Waals surface area contributed by atoms with Gasteiger partial charge in [0, 0.05) is 15.7 Å². The van der Waals surface area contributed by atoms with Gasteiger partial charge in [-0.05, 0) is 48.5 Å². The Kier molecular flexibility index (Phi) is 5.70. The number of carboxylic acids is 1. The molecule has 28 heavy (non-hydrogen) atoms. The molecule has 0 saturated carbocycles. The van der Waals surface area contributed by atoms with Crippen molar-refractivity contribution >= 4 is 50.8 Å². The molecule has 142 valence electrons. The van der Waals surface area contributed by atoms with Gasteiger partial charge >= 0.3 is 5.97 Å². The Morgan fingerprint density at radius 1 is 0.929 bits per heavy atom. The van der Waals surface area contributed by atoms with E-state index in [1.54, 1.807) is 36.4 Å². The van der Waals surface area contributed by atoms with Crippen molar-refractivity contribution in [1.82, 2.24) is 15.4 Å². The zero-order chi connectivity index (χ0) is 20.1. The lowest BCUT2D eigenvalue weighted by molar-refractivity contribution is 0.0696. The molecule has 1 aromatic heterocycles. The number of benzene rings is 2. The standard InChI is InChI=1S/C18H15BrN6O3/c19-12-5-1-10(2-6-12)17(26)25-24-16-14(20)15(21-9-22-16)23-13-7-3-11(4-8-13)18(27)28/h1-9H,20H2,(H,25,26)(H,27,28)(H2,21,22,23,24). The number of anilines is 4. The molecule has 0 saturated heterocycles. The van der Waals surface area contributed by atoms with Gasteiger partial charge in [0.25, 0.3) is 5.91 Å².